The van der Waals surface area contributed by atoms with E-state index in [0.29, 0.717) is 17.5 Å². The van der Waals surface area contributed by atoms with Gasteiger partial charge in [0.25, 0.3) is 0 Å². The van der Waals surface area contributed by atoms with E-state index in [0.717, 1.165) is 72.0 Å². The fraction of sp³-hybridized carbons (Fsp3) is 0. The average Bonchev–Trinajstić information content (AvgIpc) is 3.86. The van der Waals surface area contributed by atoms with E-state index in [4.69, 9.17) is 19.4 Å². The maximum absolute atomic E-state index is 6.82. The molecule has 0 aliphatic heterocycles. The minimum Gasteiger partial charge on any atom is -0.455 e. The van der Waals surface area contributed by atoms with Gasteiger partial charge in [0.15, 0.2) is 17.5 Å². The van der Waals surface area contributed by atoms with Gasteiger partial charge in [0.2, 0.25) is 0 Å². The Kier molecular flexibility index (Phi) is 7.64. The van der Waals surface area contributed by atoms with Crippen LogP contribution in [0.5, 0.6) is 0 Å². The number of thiophene rings is 1. The Balaban J connectivity index is 1.17. The molecule has 3 aromatic heterocycles. The summed E-state index contributed by atoms with van der Waals surface area (Å²) >= 11 is 1.82. The van der Waals surface area contributed by atoms with E-state index < -0.39 is 0 Å². The highest BCUT2D eigenvalue weighted by atomic mass is 32.1. The van der Waals surface area contributed by atoms with Crippen molar-refractivity contribution in [3.05, 3.63) is 188 Å². The molecule has 0 saturated carbocycles. The molecular formula is C51H31N3OS. The standard InChI is InChI=1S/C51H31N3OS/c1-4-15-32(16-5-1)35-29-36(33-17-6-2-7-18-33)31-37(30-35)50-52-49(34-19-8-3-9-20-34)53-51(54-50)43-28-27-39(47-46(43)42-22-10-12-25-44(42)55-47)41-24-14-23-40-38-21-11-13-26-45(38)56-48(40)41/h1-31H. The predicted octanol–water partition coefficient (Wildman–Crippen LogP) is 14.1. The lowest BCUT2D eigenvalue weighted by atomic mass is 9.95. The molecule has 0 fully saturated rings. The van der Waals surface area contributed by atoms with Crippen molar-refractivity contribution in [3.8, 4) is 67.5 Å². The zero-order chi connectivity index (χ0) is 37.0. The van der Waals surface area contributed by atoms with Crippen LogP contribution in [0.2, 0.25) is 0 Å². The van der Waals surface area contributed by atoms with Crippen LogP contribution in [0.3, 0.4) is 0 Å². The number of fused-ring (bicyclic) bond motifs is 6. The molecule has 56 heavy (non-hydrogen) atoms. The molecule has 0 amide bonds. The molecular weight excluding hydrogens is 703 g/mol. The minimum absolute atomic E-state index is 0.586. The second-order valence-corrected chi connectivity index (χ2v) is 15.0. The van der Waals surface area contributed by atoms with Gasteiger partial charge in [-0.25, -0.2) is 15.0 Å². The molecule has 4 nitrogen and oxygen atoms in total. The van der Waals surface area contributed by atoms with E-state index in [2.05, 4.69) is 146 Å². The first-order valence-corrected chi connectivity index (χ1v) is 19.5. The number of aromatic nitrogens is 3. The van der Waals surface area contributed by atoms with Gasteiger partial charge in [0, 0.05) is 58.8 Å². The molecule has 0 radical (unpaired) electrons. The normalized spacial score (nSPS) is 11.6. The molecule has 0 bridgehead atoms. The van der Waals surface area contributed by atoms with E-state index >= 15 is 0 Å². The Bertz CT molecular complexity index is 3180. The zero-order valence-electron chi connectivity index (χ0n) is 30.1. The van der Waals surface area contributed by atoms with Crippen LogP contribution in [0.4, 0.5) is 0 Å². The summed E-state index contributed by atoms with van der Waals surface area (Å²) in [6, 6.07) is 65.5. The van der Waals surface area contributed by atoms with Crippen LogP contribution < -0.4 is 0 Å². The summed E-state index contributed by atoms with van der Waals surface area (Å²) in [6.45, 7) is 0. The van der Waals surface area contributed by atoms with Crippen LogP contribution in [0.1, 0.15) is 0 Å². The Hall–Kier alpha value is -7.21. The first-order valence-electron chi connectivity index (χ1n) is 18.7. The number of rotatable bonds is 6. The van der Waals surface area contributed by atoms with Gasteiger partial charge < -0.3 is 4.42 Å². The van der Waals surface area contributed by atoms with Crippen molar-refractivity contribution in [3.63, 3.8) is 0 Å². The SMILES string of the molecule is c1ccc(-c2cc(-c3ccccc3)cc(-c3nc(-c4ccccc4)nc(-c4ccc(-c5cccc6c5sc5ccccc56)c5oc6ccccc6c45)n3)c2)cc1. The van der Waals surface area contributed by atoms with Gasteiger partial charge in [-0.2, -0.15) is 0 Å². The third-order valence-electron chi connectivity index (χ3n) is 10.5. The lowest BCUT2D eigenvalue weighted by Crippen LogP contribution is -2.01. The molecule has 8 aromatic carbocycles. The van der Waals surface area contributed by atoms with E-state index in [9.17, 15) is 0 Å². The Morgan fingerprint density at radius 1 is 0.357 bits per heavy atom. The smallest absolute Gasteiger partial charge is 0.164 e. The van der Waals surface area contributed by atoms with Gasteiger partial charge >= 0.3 is 0 Å². The first-order chi connectivity index (χ1) is 27.7. The minimum atomic E-state index is 0.586. The molecule has 0 saturated heterocycles. The molecule has 3 heterocycles. The highest BCUT2D eigenvalue weighted by Gasteiger charge is 2.22. The highest BCUT2D eigenvalue weighted by Crippen LogP contribution is 2.46. The maximum atomic E-state index is 6.82. The van der Waals surface area contributed by atoms with Crippen molar-refractivity contribution in [2.24, 2.45) is 0 Å². The van der Waals surface area contributed by atoms with Gasteiger partial charge in [0.1, 0.15) is 11.2 Å². The largest absolute Gasteiger partial charge is 0.455 e. The first kappa shape index (κ1) is 32.2. The van der Waals surface area contributed by atoms with E-state index in [1.807, 2.05) is 53.8 Å². The third kappa shape index (κ3) is 5.48. The van der Waals surface area contributed by atoms with Crippen LogP contribution in [0.25, 0.3) is 110 Å². The molecule has 262 valence electrons. The van der Waals surface area contributed by atoms with E-state index in [-0.39, 0.29) is 0 Å². The molecule has 5 heteroatoms. The average molecular weight is 734 g/mol. The van der Waals surface area contributed by atoms with E-state index in [1.165, 1.54) is 20.2 Å². The van der Waals surface area contributed by atoms with Crippen LogP contribution >= 0.6 is 11.3 Å². The Labute approximate surface area is 327 Å². The number of nitrogens with zero attached hydrogens (tertiary/aromatic N) is 3. The Morgan fingerprint density at radius 3 is 1.61 bits per heavy atom. The van der Waals surface area contributed by atoms with Gasteiger partial charge in [-0.05, 0) is 64.7 Å². The summed E-state index contributed by atoms with van der Waals surface area (Å²) in [4.78, 5) is 15.7. The summed E-state index contributed by atoms with van der Waals surface area (Å²) in [5, 5.41) is 4.52. The molecule has 0 spiro atoms. The highest BCUT2D eigenvalue weighted by molar-refractivity contribution is 7.26. The number of hydrogen-bond donors (Lipinski definition) is 0. The summed E-state index contributed by atoms with van der Waals surface area (Å²) < 4.78 is 9.32. The Morgan fingerprint density at radius 2 is 0.893 bits per heavy atom. The third-order valence-corrected chi connectivity index (χ3v) is 11.8. The van der Waals surface area contributed by atoms with Gasteiger partial charge in [-0.3, -0.25) is 0 Å². The number of para-hydroxylation sites is 1. The van der Waals surface area contributed by atoms with Crippen molar-refractivity contribution < 1.29 is 4.42 Å². The monoisotopic (exact) mass is 733 g/mol. The van der Waals surface area contributed by atoms with Gasteiger partial charge in [0.05, 0.1) is 0 Å². The maximum Gasteiger partial charge on any atom is 0.164 e. The number of hydrogen-bond acceptors (Lipinski definition) is 5. The lowest BCUT2D eigenvalue weighted by Gasteiger charge is -2.13. The topological polar surface area (TPSA) is 51.8 Å². The summed E-state index contributed by atoms with van der Waals surface area (Å²) in [5.74, 6) is 1.80. The summed E-state index contributed by atoms with van der Waals surface area (Å²) in [7, 11) is 0. The quantitative estimate of drug-likeness (QED) is 0.171. The summed E-state index contributed by atoms with van der Waals surface area (Å²) in [6.07, 6.45) is 0. The van der Waals surface area contributed by atoms with Crippen LogP contribution in [0, 0.1) is 0 Å². The van der Waals surface area contributed by atoms with Crippen molar-refractivity contribution in [1.82, 2.24) is 15.0 Å². The van der Waals surface area contributed by atoms with Crippen LogP contribution in [0.15, 0.2) is 192 Å². The second-order valence-electron chi connectivity index (χ2n) is 13.9. The predicted molar refractivity (Wildman–Crippen MR) is 233 cm³/mol. The zero-order valence-corrected chi connectivity index (χ0v) is 30.9. The molecule has 0 unspecified atom stereocenters. The van der Waals surface area contributed by atoms with Crippen molar-refractivity contribution in [2.45, 2.75) is 0 Å². The summed E-state index contributed by atoms with van der Waals surface area (Å²) in [5.41, 5.74) is 11.0. The van der Waals surface area contributed by atoms with Gasteiger partial charge in [-0.1, -0.05) is 146 Å². The van der Waals surface area contributed by atoms with Crippen LogP contribution in [-0.2, 0) is 0 Å². The van der Waals surface area contributed by atoms with Crippen molar-refractivity contribution >= 4 is 53.4 Å². The number of furan rings is 1. The molecule has 0 atom stereocenters. The fourth-order valence-corrected chi connectivity index (χ4v) is 9.11. The lowest BCUT2D eigenvalue weighted by molar-refractivity contribution is 0.670. The molecule has 0 aliphatic carbocycles. The molecule has 0 N–H and O–H groups in total. The second kappa shape index (κ2) is 13.3. The fourth-order valence-electron chi connectivity index (χ4n) is 7.88. The van der Waals surface area contributed by atoms with Crippen LogP contribution in [-0.4, -0.2) is 15.0 Å². The molecule has 0 aliphatic rings. The van der Waals surface area contributed by atoms with Gasteiger partial charge in [-0.15, -0.1) is 11.3 Å². The number of benzene rings is 8. The molecule has 11 aromatic rings. The molecule has 11 rings (SSSR count). The van der Waals surface area contributed by atoms with E-state index in [1.54, 1.807) is 0 Å². The van der Waals surface area contributed by atoms with Crippen molar-refractivity contribution in [1.29, 1.82) is 0 Å². The van der Waals surface area contributed by atoms with Crippen molar-refractivity contribution in [2.75, 3.05) is 0 Å².